The van der Waals surface area contributed by atoms with Crippen molar-refractivity contribution in [3.05, 3.63) is 75.6 Å². The Bertz CT molecular complexity index is 1280. The summed E-state index contributed by atoms with van der Waals surface area (Å²) in [4.78, 5) is 27.3. The maximum Gasteiger partial charge on any atom is 0.301 e. The second kappa shape index (κ2) is 7.52. The summed E-state index contributed by atoms with van der Waals surface area (Å²) in [6.07, 6.45) is 0.698. The van der Waals surface area contributed by atoms with E-state index < -0.39 is 23.5 Å². The van der Waals surface area contributed by atoms with Gasteiger partial charge in [0.05, 0.1) is 11.6 Å². The number of aryl methyl sites for hydroxylation is 1. The number of carbonyl (C=O) groups excluding carboxylic acids is 2. The highest BCUT2D eigenvalue weighted by Gasteiger charge is 2.48. The van der Waals surface area contributed by atoms with Gasteiger partial charge in [0.15, 0.2) is 0 Å². The quantitative estimate of drug-likeness (QED) is 0.368. The summed E-state index contributed by atoms with van der Waals surface area (Å²) in [7, 11) is 0. The molecule has 1 amide bonds. The van der Waals surface area contributed by atoms with Crippen LogP contribution in [0.3, 0.4) is 0 Å². The molecule has 2 aromatic carbocycles. The largest absolute Gasteiger partial charge is 0.507 e. The van der Waals surface area contributed by atoms with Crippen LogP contribution in [0.25, 0.3) is 5.76 Å². The van der Waals surface area contributed by atoms with Crippen molar-refractivity contribution in [3.8, 4) is 5.75 Å². The number of anilines is 1. The van der Waals surface area contributed by atoms with Crippen LogP contribution in [0.5, 0.6) is 5.75 Å². The summed E-state index contributed by atoms with van der Waals surface area (Å²) in [5.74, 6) is -1.69. The molecular weight excluding hydrogens is 433 g/mol. The Morgan fingerprint density at radius 2 is 1.94 bits per heavy atom. The van der Waals surface area contributed by atoms with Crippen LogP contribution in [0.15, 0.2) is 48.0 Å². The van der Waals surface area contributed by atoms with Gasteiger partial charge in [0.25, 0.3) is 5.78 Å². The van der Waals surface area contributed by atoms with Crippen molar-refractivity contribution in [1.29, 1.82) is 0 Å². The molecule has 1 saturated heterocycles. The molecule has 0 radical (unpaired) electrons. The van der Waals surface area contributed by atoms with Crippen molar-refractivity contribution in [2.75, 3.05) is 4.90 Å². The molecule has 0 bridgehead atoms. The summed E-state index contributed by atoms with van der Waals surface area (Å²) in [6.45, 7) is 3.68. The van der Waals surface area contributed by atoms with E-state index in [0.29, 0.717) is 22.6 Å². The van der Waals surface area contributed by atoms with Crippen LogP contribution < -0.4 is 9.64 Å². The average molecular weight is 451 g/mol. The number of halogens is 1. The maximum absolute atomic E-state index is 13.6. The number of amides is 1. The molecular formula is C23H18FN3O4S. The van der Waals surface area contributed by atoms with Crippen molar-refractivity contribution in [2.45, 2.75) is 32.4 Å². The highest BCUT2D eigenvalue weighted by molar-refractivity contribution is 7.15. The van der Waals surface area contributed by atoms with Crippen molar-refractivity contribution in [2.24, 2.45) is 0 Å². The van der Waals surface area contributed by atoms with Gasteiger partial charge in [-0.3, -0.25) is 14.5 Å². The van der Waals surface area contributed by atoms with Crippen LogP contribution in [-0.4, -0.2) is 33.1 Å². The Labute approximate surface area is 186 Å². The Morgan fingerprint density at radius 1 is 1.19 bits per heavy atom. The molecule has 5 rings (SSSR count). The Kier molecular flexibility index (Phi) is 4.78. The lowest BCUT2D eigenvalue weighted by Gasteiger charge is -2.22. The molecule has 0 aliphatic carbocycles. The first-order valence-corrected chi connectivity index (χ1v) is 10.8. The van der Waals surface area contributed by atoms with E-state index in [1.165, 1.54) is 29.2 Å². The molecule has 1 N–H and O–H groups in total. The number of aliphatic hydroxyl groups is 1. The molecule has 32 heavy (non-hydrogen) atoms. The van der Waals surface area contributed by atoms with Crippen LogP contribution in [0.2, 0.25) is 0 Å². The van der Waals surface area contributed by atoms with Gasteiger partial charge in [0, 0.05) is 12.0 Å². The van der Waals surface area contributed by atoms with Gasteiger partial charge in [0.1, 0.15) is 28.4 Å². The number of benzene rings is 2. The Hall–Kier alpha value is -3.59. The fourth-order valence-electron chi connectivity index (χ4n) is 4.10. The number of fused-ring (bicyclic) bond motifs is 1. The molecule has 2 aliphatic rings. The van der Waals surface area contributed by atoms with Crippen molar-refractivity contribution in [3.63, 3.8) is 0 Å². The Morgan fingerprint density at radius 3 is 2.62 bits per heavy atom. The number of aliphatic hydroxyl groups excluding tert-OH is 1. The number of hydrogen-bond donors (Lipinski definition) is 1. The lowest BCUT2D eigenvalue weighted by atomic mass is 9.94. The zero-order chi connectivity index (χ0) is 22.6. The molecule has 9 heteroatoms. The standard InChI is InChI=1S/C23H18FN3O4S/c1-11-9-15-10-14(5-8-17(15)31-11)20(28)18-19(13-3-6-16(24)7-4-13)27(22(30)21(18)29)23-26-25-12(2)32-23/h3-8,10-11,19,28H,9H2,1-2H3/b20-18+/t11-,19+/m1/s1. The minimum atomic E-state index is -0.966. The van der Waals surface area contributed by atoms with E-state index in [0.717, 1.165) is 22.6 Å². The number of ketones is 1. The highest BCUT2D eigenvalue weighted by Crippen LogP contribution is 2.43. The zero-order valence-electron chi connectivity index (χ0n) is 17.2. The van der Waals surface area contributed by atoms with E-state index in [1.54, 1.807) is 25.1 Å². The van der Waals surface area contributed by atoms with E-state index in [9.17, 15) is 19.1 Å². The third-order valence-corrected chi connectivity index (χ3v) is 6.36. The van der Waals surface area contributed by atoms with Crippen molar-refractivity contribution >= 4 is 33.9 Å². The van der Waals surface area contributed by atoms with Gasteiger partial charge >= 0.3 is 5.91 Å². The van der Waals surface area contributed by atoms with E-state index >= 15 is 0 Å². The monoisotopic (exact) mass is 451 g/mol. The lowest BCUT2D eigenvalue weighted by molar-refractivity contribution is -0.132. The van der Waals surface area contributed by atoms with E-state index in [4.69, 9.17) is 4.74 Å². The predicted octanol–water partition coefficient (Wildman–Crippen LogP) is 3.94. The second-order valence-corrected chi connectivity index (χ2v) is 8.94. The first kappa shape index (κ1) is 20.3. The smallest absolute Gasteiger partial charge is 0.301 e. The first-order valence-electron chi connectivity index (χ1n) is 10.00. The topological polar surface area (TPSA) is 92.6 Å². The van der Waals surface area contributed by atoms with Crippen LogP contribution >= 0.6 is 11.3 Å². The number of rotatable bonds is 3. The number of aromatic nitrogens is 2. The molecule has 162 valence electrons. The number of nitrogens with zero attached hydrogens (tertiary/aromatic N) is 3. The fourth-order valence-corrected chi connectivity index (χ4v) is 4.81. The molecule has 0 spiro atoms. The van der Waals surface area contributed by atoms with Crippen LogP contribution in [-0.2, 0) is 16.0 Å². The van der Waals surface area contributed by atoms with Gasteiger partial charge in [-0.05, 0) is 55.3 Å². The fraction of sp³-hybridized carbons (Fsp3) is 0.217. The third kappa shape index (κ3) is 3.25. The molecule has 1 aromatic heterocycles. The molecule has 2 aliphatic heterocycles. The second-order valence-electron chi connectivity index (χ2n) is 7.78. The number of carbonyl (C=O) groups is 2. The van der Waals surface area contributed by atoms with Crippen molar-refractivity contribution in [1.82, 2.24) is 10.2 Å². The van der Waals surface area contributed by atoms with Crippen LogP contribution in [0.4, 0.5) is 9.52 Å². The maximum atomic E-state index is 13.6. The van der Waals surface area contributed by atoms with E-state index in [1.807, 2.05) is 6.92 Å². The molecule has 1 fully saturated rings. The molecule has 3 heterocycles. The third-order valence-electron chi connectivity index (χ3n) is 5.52. The summed E-state index contributed by atoms with van der Waals surface area (Å²) in [5, 5.41) is 20.0. The van der Waals surface area contributed by atoms with E-state index in [2.05, 4.69) is 10.2 Å². The molecule has 7 nitrogen and oxygen atoms in total. The van der Waals surface area contributed by atoms with Crippen LogP contribution in [0.1, 0.15) is 34.7 Å². The van der Waals surface area contributed by atoms with Crippen LogP contribution in [0, 0.1) is 12.7 Å². The summed E-state index contributed by atoms with van der Waals surface area (Å²) in [6, 6.07) is 9.64. The van der Waals surface area contributed by atoms with Gasteiger partial charge in [-0.15, -0.1) is 10.2 Å². The SMILES string of the molecule is Cc1nnc(N2C(=O)C(=O)/C(=C(/O)c3ccc4c(c3)C[C@@H](C)O4)[C@@H]2c2ccc(F)cc2)s1. The highest BCUT2D eigenvalue weighted by atomic mass is 32.1. The normalized spacial score (nSPS) is 21.7. The number of ether oxygens (including phenoxy) is 1. The zero-order valence-corrected chi connectivity index (χ0v) is 18.0. The Balaban J connectivity index is 1.68. The summed E-state index contributed by atoms with van der Waals surface area (Å²) >= 11 is 1.15. The minimum Gasteiger partial charge on any atom is -0.507 e. The number of Topliss-reactive ketones (excluding diaryl/α,β-unsaturated/α-hetero) is 1. The molecule has 0 saturated carbocycles. The number of hydrogen-bond acceptors (Lipinski definition) is 7. The molecule has 0 unspecified atom stereocenters. The van der Waals surface area contributed by atoms with Gasteiger partial charge in [-0.1, -0.05) is 23.5 Å². The van der Waals surface area contributed by atoms with Crippen molar-refractivity contribution < 1.29 is 23.8 Å². The van der Waals surface area contributed by atoms with E-state index in [-0.39, 0.29) is 22.6 Å². The predicted molar refractivity (Wildman–Crippen MR) is 116 cm³/mol. The average Bonchev–Trinajstić information content (AvgIpc) is 3.43. The molecule has 2 atom stereocenters. The van der Waals surface area contributed by atoms with Gasteiger partial charge in [-0.25, -0.2) is 4.39 Å². The lowest BCUT2D eigenvalue weighted by Crippen LogP contribution is -2.29. The summed E-state index contributed by atoms with van der Waals surface area (Å²) in [5.41, 5.74) is 1.70. The van der Waals surface area contributed by atoms with Gasteiger partial charge < -0.3 is 9.84 Å². The van der Waals surface area contributed by atoms with Gasteiger partial charge in [-0.2, -0.15) is 0 Å². The van der Waals surface area contributed by atoms with Gasteiger partial charge in [0.2, 0.25) is 5.13 Å². The minimum absolute atomic E-state index is 0.0211. The summed E-state index contributed by atoms with van der Waals surface area (Å²) < 4.78 is 19.3. The molecule has 3 aromatic rings. The first-order chi connectivity index (χ1) is 15.3.